The van der Waals surface area contributed by atoms with Crippen molar-refractivity contribution in [2.75, 3.05) is 6.54 Å². The number of nitrogens with one attached hydrogen (secondary N) is 1. The van der Waals surface area contributed by atoms with Crippen molar-refractivity contribution in [3.8, 4) is 10.6 Å². The van der Waals surface area contributed by atoms with Crippen molar-refractivity contribution < 1.29 is 0 Å². The number of rotatable bonds is 4. The molecule has 2 nitrogen and oxygen atoms in total. The van der Waals surface area contributed by atoms with E-state index in [1.165, 1.54) is 53.2 Å². The van der Waals surface area contributed by atoms with Crippen LogP contribution < -0.4 is 5.32 Å². The molecule has 1 atom stereocenters. The highest BCUT2D eigenvalue weighted by Gasteiger charge is 2.28. The molecule has 1 N–H and O–H groups in total. The van der Waals surface area contributed by atoms with E-state index in [4.69, 9.17) is 4.98 Å². The van der Waals surface area contributed by atoms with Crippen molar-refractivity contribution in [1.82, 2.24) is 10.3 Å². The second-order valence-corrected chi connectivity index (χ2v) is 8.02. The van der Waals surface area contributed by atoms with E-state index >= 15 is 0 Å². The maximum absolute atomic E-state index is 5.01. The minimum absolute atomic E-state index is 0.613. The Labute approximate surface area is 138 Å². The molecule has 2 aliphatic rings. The van der Waals surface area contributed by atoms with Crippen LogP contribution >= 0.6 is 27.3 Å². The summed E-state index contributed by atoms with van der Waals surface area (Å²) in [7, 11) is 0. The molecule has 2 aliphatic carbocycles. The number of benzene rings is 1. The maximum atomic E-state index is 5.01. The molecule has 110 valence electrons. The predicted molar refractivity (Wildman–Crippen MR) is 92.0 cm³/mol. The number of hydrogen-bond donors (Lipinski definition) is 1. The van der Waals surface area contributed by atoms with Gasteiger partial charge in [0.05, 0.1) is 5.69 Å². The van der Waals surface area contributed by atoms with Crippen LogP contribution in [0.3, 0.4) is 0 Å². The Kier molecular flexibility index (Phi) is 3.86. The molecule has 0 aliphatic heterocycles. The lowest BCUT2D eigenvalue weighted by Gasteiger charge is -2.21. The lowest BCUT2D eigenvalue weighted by atomic mass is 9.91. The maximum Gasteiger partial charge on any atom is 0.125 e. The molecule has 1 aromatic carbocycles. The fourth-order valence-electron chi connectivity index (χ4n) is 3.05. The van der Waals surface area contributed by atoms with Crippen molar-refractivity contribution in [2.45, 2.75) is 44.1 Å². The molecule has 0 radical (unpaired) electrons. The first-order chi connectivity index (χ1) is 10.3. The van der Waals surface area contributed by atoms with Gasteiger partial charge in [-0.05, 0) is 38.2 Å². The summed E-state index contributed by atoms with van der Waals surface area (Å²) in [4.78, 5) is 6.52. The number of aromatic nitrogens is 1. The molecule has 1 heterocycles. The number of nitrogens with zero attached hydrogens (tertiary/aromatic N) is 1. The van der Waals surface area contributed by atoms with Gasteiger partial charge in [-0.25, -0.2) is 4.98 Å². The fourth-order valence-corrected chi connectivity index (χ4v) is 4.88. The number of halogens is 1. The van der Waals surface area contributed by atoms with E-state index in [-0.39, 0.29) is 0 Å². The van der Waals surface area contributed by atoms with Crippen LogP contribution in [0.1, 0.15) is 42.2 Å². The van der Waals surface area contributed by atoms with Crippen LogP contribution in [0.25, 0.3) is 10.6 Å². The van der Waals surface area contributed by atoms with Gasteiger partial charge < -0.3 is 5.32 Å². The van der Waals surface area contributed by atoms with Crippen molar-refractivity contribution in [3.63, 3.8) is 0 Å². The van der Waals surface area contributed by atoms with E-state index in [2.05, 4.69) is 45.5 Å². The average Bonchev–Trinajstić information content (AvgIpc) is 3.22. The fraction of sp³-hybridized carbons (Fsp3) is 0.471. The monoisotopic (exact) mass is 362 g/mol. The van der Waals surface area contributed by atoms with Gasteiger partial charge in [0.25, 0.3) is 0 Å². The molecule has 1 fully saturated rings. The minimum atomic E-state index is 0.613. The topological polar surface area (TPSA) is 24.9 Å². The molecule has 1 saturated carbocycles. The second kappa shape index (κ2) is 5.82. The molecule has 4 rings (SSSR count). The molecule has 4 heteroatoms. The SMILES string of the molecule is Brc1ccccc1-c1nc2c(s1)CCCC2CNC1CC1. The zero-order chi connectivity index (χ0) is 14.2. The predicted octanol–water partition coefficient (Wildman–Crippen LogP) is 4.74. The zero-order valence-corrected chi connectivity index (χ0v) is 14.3. The highest BCUT2D eigenvalue weighted by molar-refractivity contribution is 9.10. The van der Waals surface area contributed by atoms with Crippen LogP contribution in [-0.4, -0.2) is 17.6 Å². The minimum Gasteiger partial charge on any atom is -0.313 e. The van der Waals surface area contributed by atoms with Gasteiger partial charge in [0, 0.05) is 33.4 Å². The molecule has 1 unspecified atom stereocenters. The summed E-state index contributed by atoms with van der Waals surface area (Å²) in [5, 5.41) is 4.86. The quantitative estimate of drug-likeness (QED) is 0.848. The van der Waals surface area contributed by atoms with E-state index < -0.39 is 0 Å². The van der Waals surface area contributed by atoms with Gasteiger partial charge >= 0.3 is 0 Å². The largest absolute Gasteiger partial charge is 0.313 e. The lowest BCUT2D eigenvalue weighted by molar-refractivity contribution is 0.500. The highest BCUT2D eigenvalue weighted by atomic mass is 79.9. The molecular formula is C17H19BrN2S. The van der Waals surface area contributed by atoms with E-state index in [9.17, 15) is 0 Å². The Balaban J connectivity index is 1.62. The third-order valence-corrected chi connectivity index (χ3v) is 6.26. The van der Waals surface area contributed by atoms with Gasteiger partial charge in [-0.1, -0.05) is 34.1 Å². The van der Waals surface area contributed by atoms with Crippen molar-refractivity contribution >= 4 is 27.3 Å². The Bertz CT molecular complexity index is 648. The van der Waals surface area contributed by atoms with Gasteiger partial charge in [0.1, 0.15) is 5.01 Å². The molecule has 0 spiro atoms. The summed E-state index contributed by atoms with van der Waals surface area (Å²) in [6, 6.07) is 9.20. The first-order valence-electron chi connectivity index (χ1n) is 7.79. The number of aryl methyl sites for hydroxylation is 1. The third-order valence-electron chi connectivity index (χ3n) is 4.41. The van der Waals surface area contributed by atoms with Gasteiger partial charge in [-0.15, -0.1) is 11.3 Å². The molecule has 0 bridgehead atoms. The molecule has 0 saturated heterocycles. The molecule has 21 heavy (non-hydrogen) atoms. The number of fused-ring (bicyclic) bond motifs is 1. The smallest absolute Gasteiger partial charge is 0.125 e. The van der Waals surface area contributed by atoms with Crippen LogP contribution in [-0.2, 0) is 6.42 Å². The Morgan fingerprint density at radius 1 is 1.24 bits per heavy atom. The van der Waals surface area contributed by atoms with E-state index in [0.717, 1.165) is 17.1 Å². The van der Waals surface area contributed by atoms with Crippen molar-refractivity contribution in [1.29, 1.82) is 0 Å². The summed E-state index contributed by atoms with van der Waals surface area (Å²) in [6.07, 6.45) is 6.52. The lowest BCUT2D eigenvalue weighted by Crippen LogP contribution is -2.25. The van der Waals surface area contributed by atoms with Crippen molar-refractivity contribution in [3.05, 3.63) is 39.3 Å². The Hall–Kier alpha value is -0.710. The molecule has 0 amide bonds. The van der Waals surface area contributed by atoms with Crippen LogP contribution in [0.15, 0.2) is 28.7 Å². The summed E-state index contributed by atoms with van der Waals surface area (Å²) >= 11 is 5.54. The highest BCUT2D eigenvalue weighted by Crippen LogP contribution is 2.40. The Morgan fingerprint density at radius 3 is 2.90 bits per heavy atom. The average molecular weight is 363 g/mol. The summed E-state index contributed by atoms with van der Waals surface area (Å²) in [6.45, 7) is 1.11. The van der Waals surface area contributed by atoms with Gasteiger partial charge in [-0.3, -0.25) is 0 Å². The summed E-state index contributed by atoms with van der Waals surface area (Å²) in [5.41, 5.74) is 2.59. The van der Waals surface area contributed by atoms with Crippen molar-refractivity contribution in [2.24, 2.45) is 0 Å². The van der Waals surface area contributed by atoms with Crippen LogP contribution in [0.4, 0.5) is 0 Å². The summed E-state index contributed by atoms with van der Waals surface area (Å²) in [5.74, 6) is 0.613. The number of hydrogen-bond acceptors (Lipinski definition) is 3. The molecular weight excluding hydrogens is 344 g/mol. The molecule has 1 aromatic heterocycles. The third kappa shape index (κ3) is 2.94. The summed E-state index contributed by atoms with van der Waals surface area (Å²) < 4.78 is 1.14. The van der Waals surface area contributed by atoms with Crippen LogP contribution in [0.5, 0.6) is 0 Å². The zero-order valence-electron chi connectivity index (χ0n) is 11.9. The second-order valence-electron chi connectivity index (χ2n) is 6.08. The first-order valence-corrected chi connectivity index (χ1v) is 9.40. The standard InChI is InChI=1S/C17H19BrN2S/c18-14-6-2-1-5-13(14)17-20-16-11(10-19-12-8-9-12)4-3-7-15(16)21-17/h1-2,5-6,11-12,19H,3-4,7-10H2. The van der Waals surface area contributed by atoms with E-state index in [1.54, 1.807) is 0 Å². The number of thiazole rings is 1. The van der Waals surface area contributed by atoms with Crippen LogP contribution in [0, 0.1) is 0 Å². The first kappa shape index (κ1) is 13.9. The van der Waals surface area contributed by atoms with E-state index in [0.29, 0.717) is 5.92 Å². The van der Waals surface area contributed by atoms with Crippen LogP contribution in [0.2, 0.25) is 0 Å². The molecule has 2 aromatic rings. The van der Waals surface area contributed by atoms with Gasteiger partial charge in [0.15, 0.2) is 0 Å². The van der Waals surface area contributed by atoms with Gasteiger partial charge in [0.2, 0.25) is 0 Å². The normalized spacial score (nSPS) is 21.3. The van der Waals surface area contributed by atoms with Gasteiger partial charge in [-0.2, -0.15) is 0 Å². The Morgan fingerprint density at radius 2 is 2.10 bits per heavy atom. The van der Waals surface area contributed by atoms with E-state index in [1.807, 2.05) is 11.3 Å².